The van der Waals surface area contributed by atoms with Gasteiger partial charge in [-0.1, -0.05) is 107 Å². The molecule has 7 N–H and O–H groups in total. The molecular weight excluding hydrogens is 564 g/mol. The van der Waals surface area contributed by atoms with Crippen molar-refractivity contribution in [2.45, 2.75) is 79.2 Å². The van der Waals surface area contributed by atoms with E-state index >= 15 is 0 Å². The van der Waals surface area contributed by atoms with Gasteiger partial charge in [-0.25, -0.2) is 4.99 Å². The lowest BCUT2D eigenvalue weighted by Crippen LogP contribution is -2.51. The molecule has 0 heterocycles. The third kappa shape index (κ3) is 21.9. The topological polar surface area (TPSA) is 156 Å². The fourth-order valence-corrected chi connectivity index (χ4v) is 3.87. The van der Waals surface area contributed by atoms with E-state index in [2.05, 4.69) is 97.0 Å². The van der Waals surface area contributed by atoms with Crippen LogP contribution in [0.25, 0.3) is 0 Å². The molecule has 0 aliphatic heterocycles. The average molecular weight is 621 g/mol. The van der Waals surface area contributed by atoms with Crippen LogP contribution in [-0.4, -0.2) is 56.5 Å². The summed E-state index contributed by atoms with van der Waals surface area (Å²) in [6.45, 7) is 16.2. The highest BCUT2D eigenvalue weighted by molar-refractivity contribution is 5.89. The molecule has 0 fully saturated rings. The first-order chi connectivity index (χ1) is 21.7. The van der Waals surface area contributed by atoms with Crippen LogP contribution in [-0.2, 0) is 22.4 Å². The number of benzene rings is 2. The number of rotatable bonds is 17. The lowest BCUT2D eigenvalue weighted by molar-refractivity contribution is -0.128. The van der Waals surface area contributed by atoms with E-state index in [0.29, 0.717) is 18.8 Å². The van der Waals surface area contributed by atoms with Crippen LogP contribution in [0.4, 0.5) is 0 Å². The van der Waals surface area contributed by atoms with Crippen molar-refractivity contribution in [2.75, 3.05) is 32.7 Å². The molecule has 2 aromatic rings. The van der Waals surface area contributed by atoms with Crippen molar-refractivity contribution in [3.8, 4) is 6.19 Å². The number of nitrogens with zero attached hydrogens (tertiary/aromatic N) is 2. The minimum atomic E-state index is -0.929. The van der Waals surface area contributed by atoms with Gasteiger partial charge in [-0.2, -0.15) is 5.26 Å². The van der Waals surface area contributed by atoms with Crippen molar-refractivity contribution in [1.29, 1.82) is 5.26 Å². The second kappa shape index (κ2) is 27.2. The van der Waals surface area contributed by atoms with Crippen molar-refractivity contribution in [3.05, 3.63) is 83.6 Å². The fourth-order valence-electron chi connectivity index (χ4n) is 3.87. The SMILES string of the molecule is C=C(CNCCC)NCC(=O)NC(CN=C(N)NC#N)C(=O)NCCCc1ccccc1CCC.CCC.Cc1ccccc1. The van der Waals surface area contributed by atoms with Gasteiger partial charge in [0.25, 0.3) is 0 Å². The van der Waals surface area contributed by atoms with Crippen LogP contribution in [0.1, 0.15) is 70.1 Å². The molecule has 2 rings (SSSR count). The predicted octanol–water partition coefficient (Wildman–Crippen LogP) is 4.07. The molecule has 10 heteroatoms. The van der Waals surface area contributed by atoms with Crippen LogP contribution in [0.2, 0.25) is 0 Å². The van der Waals surface area contributed by atoms with Gasteiger partial charge in [0.2, 0.25) is 17.8 Å². The molecule has 1 atom stereocenters. The summed E-state index contributed by atoms with van der Waals surface area (Å²) in [4.78, 5) is 29.2. The Kier molecular flexibility index (Phi) is 24.6. The largest absolute Gasteiger partial charge is 0.379 e. The summed E-state index contributed by atoms with van der Waals surface area (Å²) in [5.74, 6) is -0.866. The van der Waals surface area contributed by atoms with E-state index in [1.165, 1.54) is 23.1 Å². The molecule has 0 aliphatic rings. The van der Waals surface area contributed by atoms with Crippen molar-refractivity contribution >= 4 is 17.8 Å². The van der Waals surface area contributed by atoms with E-state index in [1.54, 1.807) is 6.19 Å². The highest BCUT2D eigenvalue weighted by Crippen LogP contribution is 2.13. The number of hydrogen-bond acceptors (Lipinski definition) is 6. The van der Waals surface area contributed by atoms with Crippen molar-refractivity contribution < 1.29 is 9.59 Å². The molecule has 0 saturated heterocycles. The van der Waals surface area contributed by atoms with E-state index in [-0.39, 0.29) is 30.9 Å². The maximum absolute atomic E-state index is 12.8. The van der Waals surface area contributed by atoms with Gasteiger partial charge in [0, 0.05) is 18.8 Å². The maximum atomic E-state index is 12.8. The second-order valence-corrected chi connectivity index (χ2v) is 10.5. The number of carbonyl (C=O) groups excluding carboxylic acids is 2. The van der Waals surface area contributed by atoms with E-state index in [0.717, 1.165) is 38.6 Å². The quantitative estimate of drug-likeness (QED) is 0.0512. The number of guanidine groups is 1. The lowest BCUT2D eigenvalue weighted by atomic mass is 9.99. The van der Waals surface area contributed by atoms with E-state index < -0.39 is 6.04 Å². The zero-order valence-electron chi connectivity index (χ0n) is 28.0. The summed E-state index contributed by atoms with van der Waals surface area (Å²) >= 11 is 0. The molecule has 0 aliphatic carbocycles. The van der Waals surface area contributed by atoms with Gasteiger partial charge >= 0.3 is 0 Å². The van der Waals surface area contributed by atoms with Crippen molar-refractivity contribution in [1.82, 2.24) is 26.6 Å². The number of amides is 2. The number of aryl methyl sites for hydroxylation is 3. The summed E-state index contributed by atoms with van der Waals surface area (Å²) in [5.41, 5.74) is 10.2. The number of hydrogen-bond donors (Lipinski definition) is 6. The molecule has 0 saturated carbocycles. The Morgan fingerprint density at radius 1 is 0.911 bits per heavy atom. The molecule has 1 unspecified atom stereocenters. The summed E-state index contributed by atoms with van der Waals surface area (Å²) in [5, 5.41) is 22.5. The van der Waals surface area contributed by atoms with Crippen LogP contribution in [0.15, 0.2) is 71.9 Å². The Morgan fingerprint density at radius 3 is 2.09 bits per heavy atom. The third-order valence-corrected chi connectivity index (χ3v) is 6.04. The smallest absolute Gasteiger partial charge is 0.244 e. The normalized spacial score (nSPS) is 10.9. The summed E-state index contributed by atoms with van der Waals surface area (Å²) in [6.07, 6.45) is 7.64. The first-order valence-electron chi connectivity index (χ1n) is 15.9. The maximum Gasteiger partial charge on any atom is 0.244 e. The molecule has 45 heavy (non-hydrogen) atoms. The van der Waals surface area contributed by atoms with Gasteiger partial charge < -0.3 is 27.0 Å². The van der Waals surface area contributed by atoms with Crippen LogP contribution in [0.3, 0.4) is 0 Å². The highest BCUT2D eigenvalue weighted by Gasteiger charge is 2.20. The van der Waals surface area contributed by atoms with Crippen LogP contribution in [0, 0.1) is 18.4 Å². The molecule has 2 amide bonds. The van der Waals surface area contributed by atoms with E-state index in [4.69, 9.17) is 11.0 Å². The van der Waals surface area contributed by atoms with Crippen molar-refractivity contribution in [3.63, 3.8) is 0 Å². The van der Waals surface area contributed by atoms with Crippen LogP contribution >= 0.6 is 0 Å². The molecule has 10 nitrogen and oxygen atoms in total. The summed E-state index contributed by atoms with van der Waals surface area (Å²) in [6, 6.07) is 17.7. The second-order valence-electron chi connectivity index (χ2n) is 10.5. The Labute approximate surface area is 271 Å². The Morgan fingerprint density at radius 2 is 1.53 bits per heavy atom. The molecule has 0 radical (unpaired) electrons. The fraction of sp³-hybridized carbons (Fsp3) is 0.486. The number of nitrogens with one attached hydrogen (secondary N) is 5. The number of carbonyl (C=O) groups is 2. The Hall–Kier alpha value is -4.36. The van der Waals surface area contributed by atoms with Gasteiger partial charge in [0.05, 0.1) is 13.1 Å². The molecule has 0 aromatic heterocycles. The van der Waals surface area contributed by atoms with E-state index in [1.807, 2.05) is 30.3 Å². The molecule has 0 spiro atoms. The Bertz CT molecular complexity index is 1160. The predicted molar refractivity (Wildman–Crippen MR) is 186 cm³/mol. The Balaban J connectivity index is 0.00000164. The lowest BCUT2D eigenvalue weighted by Gasteiger charge is -2.18. The first-order valence-corrected chi connectivity index (χ1v) is 15.9. The number of nitrogens with two attached hydrogens (primary N) is 1. The van der Waals surface area contributed by atoms with Gasteiger partial charge in [-0.15, -0.1) is 0 Å². The highest BCUT2D eigenvalue weighted by atomic mass is 16.2. The molecule has 0 bridgehead atoms. The van der Waals surface area contributed by atoms with Crippen molar-refractivity contribution in [2.24, 2.45) is 10.7 Å². The third-order valence-electron chi connectivity index (χ3n) is 6.04. The van der Waals surface area contributed by atoms with Crippen LogP contribution in [0.5, 0.6) is 0 Å². The minimum absolute atomic E-state index is 0.0275. The van der Waals surface area contributed by atoms with Gasteiger partial charge in [-0.05, 0) is 50.3 Å². The van der Waals surface area contributed by atoms with Gasteiger partial charge in [0.15, 0.2) is 6.19 Å². The summed E-state index contributed by atoms with van der Waals surface area (Å²) in [7, 11) is 0. The first kappa shape index (κ1) is 40.6. The van der Waals surface area contributed by atoms with E-state index in [9.17, 15) is 9.59 Å². The number of nitriles is 1. The minimum Gasteiger partial charge on any atom is -0.379 e. The number of aliphatic imine (C=N–C) groups is 1. The van der Waals surface area contributed by atoms with Gasteiger partial charge in [0.1, 0.15) is 6.04 Å². The van der Waals surface area contributed by atoms with Crippen LogP contribution < -0.4 is 32.3 Å². The molecule has 2 aromatic carbocycles. The summed E-state index contributed by atoms with van der Waals surface area (Å²) < 4.78 is 0. The standard InChI is InChI=1S/C25H40N8O2.C7H8.C3H8/c1-4-9-20-10-6-7-11-21(20)12-8-14-29-24(35)22(16-31-25(27)32-18-26)33-23(34)17-30-19(3)15-28-13-5-2;1-7-5-3-2-4-6-7;1-3-2/h6-7,10-11,22,28,30H,3-5,8-9,12-17H2,1-2H3,(H,29,35)(H,33,34)(H3,27,31,32);2-6H,1H3;3H2,1-2H3. The molecular formula is C35H56N8O2. The molecule has 248 valence electrons. The monoisotopic (exact) mass is 620 g/mol. The van der Waals surface area contributed by atoms with Gasteiger partial charge in [-0.3, -0.25) is 14.9 Å². The zero-order chi connectivity index (χ0) is 33.7. The average Bonchev–Trinajstić information content (AvgIpc) is 3.02. The zero-order valence-corrected chi connectivity index (χ0v) is 28.0.